The Morgan fingerprint density at radius 1 is 1.31 bits per heavy atom. The molecular weight excluding hydrogens is 477 g/mol. The fourth-order valence-corrected chi connectivity index (χ4v) is 4.04. The molecule has 0 saturated heterocycles. The summed E-state index contributed by atoms with van der Waals surface area (Å²) in [4.78, 5) is 31.5. The Labute approximate surface area is 184 Å². The number of carbonyl (C=O) groups excluding carboxylic acids is 2. The number of amidine groups is 1. The van der Waals surface area contributed by atoms with E-state index in [-0.39, 0.29) is 22.1 Å². The summed E-state index contributed by atoms with van der Waals surface area (Å²) in [6.45, 7) is 0.534. The first kappa shape index (κ1) is 23.5. The molecule has 1 aromatic heterocycles. The molecule has 32 heavy (non-hydrogen) atoms. The third-order valence-corrected chi connectivity index (χ3v) is 5.78. The van der Waals surface area contributed by atoms with Crippen molar-refractivity contribution in [2.24, 2.45) is 4.99 Å². The zero-order valence-corrected chi connectivity index (χ0v) is 17.7. The van der Waals surface area contributed by atoms with Crippen molar-refractivity contribution in [2.75, 3.05) is 11.9 Å². The Morgan fingerprint density at radius 2 is 2.00 bits per heavy atom. The quantitative estimate of drug-likeness (QED) is 0.619. The van der Waals surface area contributed by atoms with Gasteiger partial charge in [0.25, 0.3) is 15.9 Å². The molecule has 3 rings (SSSR count). The van der Waals surface area contributed by atoms with Gasteiger partial charge in [0, 0.05) is 11.8 Å². The van der Waals surface area contributed by atoms with Gasteiger partial charge in [0.15, 0.2) is 12.4 Å². The van der Waals surface area contributed by atoms with Crippen molar-refractivity contribution >= 4 is 45.2 Å². The average molecular weight is 491 g/mol. The van der Waals surface area contributed by atoms with Crippen LogP contribution in [0.4, 0.5) is 19.0 Å². The first-order valence-electron chi connectivity index (χ1n) is 8.78. The lowest BCUT2D eigenvalue weighted by molar-refractivity contribution is -0.148. The summed E-state index contributed by atoms with van der Waals surface area (Å²) >= 11 is 5.69. The van der Waals surface area contributed by atoms with Gasteiger partial charge in [0.2, 0.25) is 0 Å². The van der Waals surface area contributed by atoms with Crippen LogP contribution in [0.2, 0.25) is 5.02 Å². The summed E-state index contributed by atoms with van der Waals surface area (Å²) in [5.41, 5.74) is -0.808. The molecule has 1 atom stereocenters. The zero-order chi connectivity index (χ0) is 23.7. The van der Waals surface area contributed by atoms with E-state index in [4.69, 9.17) is 16.3 Å². The number of nitrogens with zero attached hydrogens (tertiary/aromatic N) is 2. The molecule has 2 N–H and O–H groups in total. The standard InChI is InChI=1S/C18H14ClF3N4O5S/c1-9(24-15-11-4-2-3-5-13(11)32(29,30)26-15)17(28)31-8-14(27)25-16-12(19)6-10(7-23-16)18(20,21)22/h2-7,9H,8H2,1H3,(H,24,26)(H,23,25,27)/t9-/m0/s1. The van der Waals surface area contributed by atoms with Crippen LogP contribution >= 0.6 is 11.6 Å². The van der Waals surface area contributed by atoms with Crippen LogP contribution in [0.25, 0.3) is 0 Å². The fraction of sp³-hybridized carbons (Fsp3) is 0.222. The topological polar surface area (TPSA) is 127 Å². The molecule has 0 unspecified atom stereocenters. The predicted molar refractivity (Wildman–Crippen MR) is 107 cm³/mol. The normalized spacial score (nSPS) is 16.7. The largest absolute Gasteiger partial charge is 0.454 e. The third-order valence-electron chi connectivity index (χ3n) is 4.10. The smallest absolute Gasteiger partial charge is 0.417 e. The highest BCUT2D eigenvalue weighted by Crippen LogP contribution is 2.32. The van der Waals surface area contributed by atoms with E-state index in [1.54, 1.807) is 6.07 Å². The number of hydrogen-bond donors (Lipinski definition) is 2. The van der Waals surface area contributed by atoms with Crippen molar-refractivity contribution in [1.82, 2.24) is 9.71 Å². The van der Waals surface area contributed by atoms with Gasteiger partial charge in [0.1, 0.15) is 11.9 Å². The minimum atomic E-state index is -4.65. The number of fused-ring (bicyclic) bond motifs is 1. The van der Waals surface area contributed by atoms with Crippen LogP contribution in [0.3, 0.4) is 0 Å². The van der Waals surface area contributed by atoms with Crippen LogP contribution in [0.15, 0.2) is 46.4 Å². The number of halogens is 4. The molecule has 1 aliphatic heterocycles. The van der Waals surface area contributed by atoms with Crippen molar-refractivity contribution < 1.29 is 35.9 Å². The number of alkyl halides is 3. The van der Waals surface area contributed by atoms with Gasteiger partial charge < -0.3 is 10.1 Å². The molecule has 1 aromatic carbocycles. The van der Waals surface area contributed by atoms with E-state index >= 15 is 0 Å². The van der Waals surface area contributed by atoms with Crippen LogP contribution in [0.1, 0.15) is 18.1 Å². The minimum Gasteiger partial charge on any atom is -0.454 e. The Kier molecular flexibility index (Phi) is 6.41. The number of rotatable bonds is 5. The number of sulfonamides is 1. The molecule has 0 radical (unpaired) electrons. The number of aromatic nitrogens is 1. The average Bonchev–Trinajstić information content (AvgIpc) is 2.97. The predicted octanol–water partition coefficient (Wildman–Crippen LogP) is 2.36. The van der Waals surface area contributed by atoms with E-state index in [0.29, 0.717) is 12.3 Å². The molecular formula is C18H14ClF3N4O5S. The molecule has 0 spiro atoms. The number of ether oxygens (including phenoxy) is 1. The number of nitrogens with one attached hydrogen (secondary N) is 2. The Hall–Kier alpha value is -3.19. The molecule has 170 valence electrons. The van der Waals surface area contributed by atoms with Crippen molar-refractivity contribution in [3.63, 3.8) is 0 Å². The summed E-state index contributed by atoms with van der Waals surface area (Å²) in [5.74, 6) is -2.23. The monoisotopic (exact) mass is 490 g/mol. The van der Waals surface area contributed by atoms with Crippen LogP contribution in [-0.2, 0) is 30.5 Å². The van der Waals surface area contributed by atoms with E-state index in [1.807, 2.05) is 0 Å². The lowest BCUT2D eigenvalue weighted by Crippen LogP contribution is -2.29. The summed E-state index contributed by atoms with van der Waals surface area (Å²) < 4.78 is 69.1. The Balaban J connectivity index is 1.60. The second-order valence-corrected chi connectivity index (χ2v) is 8.52. The molecule has 0 bridgehead atoms. The maximum Gasteiger partial charge on any atom is 0.417 e. The van der Waals surface area contributed by atoms with Crippen molar-refractivity contribution in [2.45, 2.75) is 24.0 Å². The summed E-state index contributed by atoms with van der Waals surface area (Å²) in [7, 11) is -3.79. The summed E-state index contributed by atoms with van der Waals surface area (Å²) in [6, 6.07) is 5.46. The number of esters is 1. The second-order valence-electron chi connectivity index (χ2n) is 6.46. The van der Waals surface area contributed by atoms with E-state index in [9.17, 15) is 31.2 Å². The maximum absolute atomic E-state index is 12.6. The first-order chi connectivity index (χ1) is 14.9. The molecule has 0 saturated carbocycles. The SMILES string of the molecule is C[C@H](N=C1NS(=O)(=O)c2ccccc21)C(=O)OCC(=O)Nc1ncc(C(F)(F)F)cc1Cl. The molecule has 2 aromatic rings. The van der Waals surface area contributed by atoms with Gasteiger partial charge in [-0.05, 0) is 25.1 Å². The van der Waals surface area contributed by atoms with Crippen molar-refractivity contribution in [3.05, 3.63) is 52.7 Å². The second kappa shape index (κ2) is 8.74. The summed E-state index contributed by atoms with van der Waals surface area (Å²) in [6.07, 6.45) is -4.16. The lowest BCUT2D eigenvalue weighted by Gasteiger charge is -2.11. The van der Waals surface area contributed by atoms with Gasteiger partial charge in [0.05, 0.1) is 15.5 Å². The van der Waals surface area contributed by atoms with E-state index < -0.39 is 51.3 Å². The molecule has 0 aliphatic carbocycles. The minimum absolute atomic E-state index is 0.0135. The van der Waals surface area contributed by atoms with Crippen molar-refractivity contribution in [3.8, 4) is 0 Å². The number of carbonyl (C=O) groups is 2. The lowest BCUT2D eigenvalue weighted by atomic mass is 10.2. The van der Waals surface area contributed by atoms with Crippen LogP contribution in [0, 0.1) is 0 Å². The van der Waals surface area contributed by atoms with Crippen LogP contribution in [0.5, 0.6) is 0 Å². The number of benzene rings is 1. The number of hydrogen-bond acceptors (Lipinski definition) is 7. The number of pyridine rings is 1. The third kappa shape index (κ3) is 5.16. The summed E-state index contributed by atoms with van der Waals surface area (Å²) in [5, 5.41) is 1.67. The van der Waals surface area contributed by atoms with Crippen LogP contribution < -0.4 is 10.0 Å². The van der Waals surface area contributed by atoms with Crippen LogP contribution in [-0.4, -0.2) is 43.8 Å². The fourth-order valence-electron chi connectivity index (χ4n) is 2.59. The molecule has 9 nitrogen and oxygen atoms in total. The molecule has 1 amide bonds. The maximum atomic E-state index is 12.6. The van der Waals surface area contributed by atoms with Gasteiger partial charge in [-0.2, -0.15) is 13.2 Å². The van der Waals surface area contributed by atoms with Gasteiger partial charge in [-0.25, -0.2) is 18.2 Å². The Morgan fingerprint density at radius 3 is 2.66 bits per heavy atom. The van der Waals surface area contributed by atoms with Gasteiger partial charge in [-0.1, -0.05) is 23.7 Å². The first-order valence-corrected chi connectivity index (χ1v) is 10.6. The number of amides is 1. The van der Waals surface area contributed by atoms with E-state index in [0.717, 1.165) is 0 Å². The van der Waals surface area contributed by atoms with E-state index in [1.165, 1.54) is 25.1 Å². The van der Waals surface area contributed by atoms with Crippen molar-refractivity contribution in [1.29, 1.82) is 0 Å². The highest BCUT2D eigenvalue weighted by Gasteiger charge is 2.32. The molecule has 14 heteroatoms. The molecule has 0 fully saturated rings. The highest BCUT2D eigenvalue weighted by atomic mass is 35.5. The Bertz CT molecular complexity index is 1220. The van der Waals surface area contributed by atoms with E-state index in [2.05, 4.69) is 20.0 Å². The van der Waals surface area contributed by atoms with Gasteiger partial charge >= 0.3 is 12.1 Å². The number of anilines is 1. The molecule has 1 aliphatic rings. The molecule has 2 heterocycles. The van der Waals surface area contributed by atoms with Gasteiger partial charge in [-0.3, -0.25) is 14.5 Å². The zero-order valence-electron chi connectivity index (χ0n) is 16.1. The highest BCUT2D eigenvalue weighted by molar-refractivity contribution is 7.90. The number of aliphatic imine (C=N–C) groups is 1. The van der Waals surface area contributed by atoms with Gasteiger partial charge in [-0.15, -0.1) is 0 Å².